The van der Waals surface area contributed by atoms with Crippen LogP contribution in [0.1, 0.15) is 17.5 Å². The van der Waals surface area contributed by atoms with Crippen LogP contribution in [0, 0.1) is 0 Å². The predicted octanol–water partition coefficient (Wildman–Crippen LogP) is 5.74. The first kappa shape index (κ1) is 19.7. The van der Waals surface area contributed by atoms with Crippen molar-refractivity contribution in [3.63, 3.8) is 0 Å². The summed E-state index contributed by atoms with van der Waals surface area (Å²) in [5, 5.41) is 1.83. The Bertz CT molecular complexity index is 931. The summed E-state index contributed by atoms with van der Waals surface area (Å²) < 4.78 is 14.6. The molecule has 2 atom stereocenters. The Labute approximate surface area is 179 Å². The first-order chi connectivity index (χ1) is 13.5. The summed E-state index contributed by atoms with van der Waals surface area (Å²) >= 11 is 18.5. The van der Waals surface area contributed by atoms with Gasteiger partial charge in [-0.15, -0.1) is 0 Å². The molecule has 4 nitrogen and oxygen atoms in total. The monoisotopic (exact) mass is 436 g/mol. The molecule has 1 aliphatic heterocycles. The molecular formula is C21H19Cl3N2O2. The molecule has 2 unspecified atom stereocenters. The molecule has 0 aliphatic carbocycles. The van der Waals surface area contributed by atoms with E-state index in [1.807, 2.05) is 41.1 Å². The van der Waals surface area contributed by atoms with E-state index < -0.39 is 5.79 Å². The number of nitrogens with zero attached hydrogens (tertiary/aromatic N) is 2. The van der Waals surface area contributed by atoms with Crippen LogP contribution in [0.15, 0.2) is 61.2 Å². The van der Waals surface area contributed by atoms with Gasteiger partial charge in [-0.2, -0.15) is 0 Å². The number of benzene rings is 2. The molecule has 0 saturated carbocycles. The van der Waals surface area contributed by atoms with E-state index in [1.165, 1.54) is 5.56 Å². The number of rotatable bonds is 6. The Morgan fingerprint density at radius 1 is 1.07 bits per heavy atom. The Kier molecular flexibility index (Phi) is 5.95. The second-order valence-corrected chi connectivity index (χ2v) is 8.11. The third-order valence-electron chi connectivity index (χ3n) is 4.82. The van der Waals surface area contributed by atoms with Gasteiger partial charge in [0, 0.05) is 28.0 Å². The van der Waals surface area contributed by atoms with Gasteiger partial charge in [-0.3, -0.25) is 0 Å². The number of ether oxygens (including phenoxy) is 2. The zero-order chi connectivity index (χ0) is 19.6. The number of halogens is 3. The fraction of sp³-hybridized carbons (Fsp3) is 0.286. The summed E-state index contributed by atoms with van der Waals surface area (Å²) in [5.74, 6) is -0.979. The second kappa shape index (κ2) is 8.44. The topological polar surface area (TPSA) is 36.3 Å². The Morgan fingerprint density at radius 2 is 1.86 bits per heavy atom. The van der Waals surface area contributed by atoms with Crippen LogP contribution in [-0.2, 0) is 28.2 Å². The van der Waals surface area contributed by atoms with Crippen molar-refractivity contribution >= 4 is 34.8 Å². The molecule has 0 amide bonds. The molecule has 2 aromatic carbocycles. The molecule has 0 N–H and O–H groups in total. The van der Waals surface area contributed by atoms with Crippen LogP contribution < -0.4 is 0 Å². The second-order valence-electron chi connectivity index (χ2n) is 6.83. The maximum Gasteiger partial charge on any atom is 0.215 e. The highest BCUT2D eigenvalue weighted by Crippen LogP contribution is 2.41. The van der Waals surface area contributed by atoms with Crippen molar-refractivity contribution in [1.29, 1.82) is 0 Å². The first-order valence-corrected chi connectivity index (χ1v) is 10.1. The lowest BCUT2D eigenvalue weighted by Gasteiger charge is -2.30. The Balaban J connectivity index is 1.54. The molecule has 1 aromatic heterocycles. The molecule has 4 rings (SSSR count). The van der Waals surface area contributed by atoms with E-state index in [2.05, 4.69) is 4.98 Å². The number of hydrogen-bond acceptors (Lipinski definition) is 3. The van der Waals surface area contributed by atoms with Crippen molar-refractivity contribution in [2.24, 2.45) is 0 Å². The van der Waals surface area contributed by atoms with Crippen molar-refractivity contribution in [2.45, 2.75) is 31.3 Å². The summed E-state index contributed by atoms with van der Waals surface area (Å²) in [5.41, 5.74) is 1.98. The normalized spacial score (nSPS) is 21.9. The van der Waals surface area contributed by atoms with E-state index >= 15 is 0 Å². The summed E-state index contributed by atoms with van der Waals surface area (Å²) in [6.07, 6.45) is 6.99. The molecular weight excluding hydrogens is 419 g/mol. The largest absolute Gasteiger partial charge is 0.342 e. The highest BCUT2D eigenvalue weighted by atomic mass is 35.5. The lowest BCUT2D eigenvalue weighted by atomic mass is 10.0. The average molecular weight is 438 g/mol. The van der Waals surface area contributed by atoms with Crippen molar-refractivity contribution in [3.05, 3.63) is 87.4 Å². The zero-order valence-electron chi connectivity index (χ0n) is 15.0. The van der Waals surface area contributed by atoms with Gasteiger partial charge in [-0.1, -0.05) is 53.0 Å². The SMILES string of the molecule is Clc1ccc(CCC2COC(Cn3ccnc3)(c3ccc(Cl)cc3Cl)O2)cc1. The van der Waals surface area contributed by atoms with Crippen molar-refractivity contribution in [1.82, 2.24) is 9.55 Å². The number of aryl methyl sites for hydroxylation is 1. The smallest absolute Gasteiger partial charge is 0.215 e. The minimum Gasteiger partial charge on any atom is -0.342 e. The number of hydrogen-bond donors (Lipinski definition) is 0. The van der Waals surface area contributed by atoms with Crippen LogP contribution in [0.25, 0.3) is 0 Å². The maximum atomic E-state index is 6.49. The summed E-state index contributed by atoms with van der Waals surface area (Å²) in [6, 6.07) is 13.2. The fourth-order valence-electron chi connectivity index (χ4n) is 3.41. The van der Waals surface area contributed by atoms with Gasteiger partial charge in [0.15, 0.2) is 0 Å². The van der Waals surface area contributed by atoms with Crippen LogP contribution in [0.4, 0.5) is 0 Å². The first-order valence-electron chi connectivity index (χ1n) is 9.01. The zero-order valence-corrected chi connectivity index (χ0v) is 17.3. The van der Waals surface area contributed by atoms with E-state index in [0.717, 1.165) is 23.4 Å². The van der Waals surface area contributed by atoms with E-state index in [4.69, 9.17) is 44.3 Å². The predicted molar refractivity (Wildman–Crippen MR) is 111 cm³/mol. The van der Waals surface area contributed by atoms with Crippen LogP contribution in [0.5, 0.6) is 0 Å². The van der Waals surface area contributed by atoms with Crippen LogP contribution in [-0.4, -0.2) is 22.3 Å². The summed E-state index contributed by atoms with van der Waals surface area (Å²) in [6.45, 7) is 0.938. The third kappa shape index (κ3) is 4.37. The van der Waals surface area contributed by atoms with Crippen molar-refractivity contribution < 1.29 is 9.47 Å². The van der Waals surface area contributed by atoms with Crippen LogP contribution in [0.2, 0.25) is 15.1 Å². The van der Waals surface area contributed by atoms with Gasteiger partial charge in [0.1, 0.15) is 0 Å². The standard InChI is InChI=1S/C21H19Cl3N2O2/c22-16-4-1-15(2-5-16)3-7-18-12-27-21(28-18,13-26-10-9-25-14-26)19-8-6-17(23)11-20(19)24/h1-2,4-6,8-11,14,18H,3,7,12-13H2. The molecule has 1 aliphatic rings. The van der Waals surface area contributed by atoms with Gasteiger partial charge in [0.25, 0.3) is 0 Å². The van der Waals surface area contributed by atoms with Gasteiger partial charge in [-0.05, 0) is 42.7 Å². The molecule has 3 aromatic rings. The minimum atomic E-state index is -0.979. The Morgan fingerprint density at radius 3 is 2.57 bits per heavy atom. The lowest BCUT2D eigenvalue weighted by Crippen LogP contribution is -2.33. The minimum absolute atomic E-state index is 0.0501. The molecule has 1 saturated heterocycles. The van der Waals surface area contributed by atoms with Crippen LogP contribution in [0.3, 0.4) is 0 Å². The summed E-state index contributed by atoms with van der Waals surface area (Å²) in [7, 11) is 0. The van der Waals surface area contributed by atoms with E-state index in [-0.39, 0.29) is 6.10 Å². The van der Waals surface area contributed by atoms with Crippen molar-refractivity contribution in [2.75, 3.05) is 6.61 Å². The molecule has 0 bridgehead atoms. The molecule has 7 heteroatoms. The molecule has 0 spiro atoms. The highest BCUT2D eigenvalue weighted by Gasteiger charge is 2.44. The van der Waals surface area contributed by atoms with Gasteiger partial charge >= 0.3 is 0 Å². The molecule has 28 heavy (non-hydrogen) atoms. The molecule has 146 valence electrons. The van der Waals surface area contributed by atoms with E-state index in [9.17, 15) is 0 Å². The quantitative estimate of drug-likeness (QED) is 0.493. The third-order valence-corrected chi connectivity index (χ3v) is 5.62. The van der Waals surface area contributed by atoms with E-state index in [0.29, 0.717) is 23.2 Å². The number of aromatic nitrogens is 2. The summed E-state index contributed by atoms with van der Waals surface area (Å²) in [4.78, 5) is 4.11. The van der Waals surface area contributed by atoms with Crippen LogP contribution >= 0.6 is 34.8 Å². The highest BCUT2D eigenvalue weighted by molar-refractivity contribution is 6.35. The molecule has 0 radical (unpaired) electrons. The Hall–Kier alpha value is -1.56. The van der Waals surface area contributed by atoms with Gasteiger partial charge in [-0.25, -0.2) is 4.98 Å². The van der Waals surface area contributed by atoms with Gasteiger partial charge < -0.3 is 14.0 Å². The van der Waals surface area contributed by atoms with Crippen molar-refractivity contribution in [3.8, 4) is 0 Å². The average Bonchev–Trinajstić information content (AvgIpc) is 3.32. The van der Waals surface area contributed by atoms with Gasteiger partial charge in [0.2, 0.25) is 5.79 Å². The number of imidazole rings is 1. The van der Waals surface area contributed by atoms with E-state index in [1.54, 1.807) is 24.7 Å². The maximum absolute atomic E-state index is 6.49. The fourth-order valence-corrected chi connectivity index (χ4v) is 4.09. The molecule has 2 heterocycles. The lowest BCUT2D eigenvalue weighted by molar-refractivity contribution is -0.187. The molecule has 1 fully saturated rings. The van der Waals surface area contributed by atoms with Gasteiger partial charge in [0.05, 0.1) is 30.6 Å².